The number of benzene rings is 3. The summed E-state index contributed by atoms with van der Waals surface area (Å²) in [5, 5.41) is 21.8. The second-order valence-corrected chi connectivity index (χ2v) is 6.24. The van der Waals surface area contributed by atoms with Gasteiger partial charge < -0.3 is 5.11 Å². The average molecular weight is 350 g/mol. The quantitative estimate of drug-likeness (QED) is 0.565. The van der Waals surface area contributed by atoms with Crippen LogP contribution in [0.1, 0.15) is 12.5 Å². The highest BCUT2D eigenvalue weighted by molar-refractivity contribution is 6.35. The first-order valence-corrected chi connectivity index (χ1v) is 8.47. The number of aryl methyl sites for hydroxylation is 1. The lowest BCUT2D eigenvalue weighted by molar-refractivity contribution is 0.467. The Labute approximate surface area is 150 Å². The fourth-order valence-corrected chi connectivity index (χ4v) is 3.18. The van der Waals surface area contributed by atoms with Gasteiger partial charge in [-0.1, -0.05) is 54.9 Å². The van der Waals surface area contributed by atoms with Crippen LogP contribution in [0, 0.1) is 0 Å². The van der Waals surface area contributed by atoms with Crippen LogP contribution < -0.4 is 0 Å². The van der Waals surface area contributed by atoms with E-state index in [4.69, 9.17) is 11.6 Å². The van der Waals surface area contributed by atoms with Crippen molar-refractivity contribution in [2.75, 3.05) is 0 Å². The van der Waals surface area contributed by atoms with E-state index in [1.807, 2.05) is 48.5 Å². The summed E-state index contributed by atoms with van der Waals surface area (Å²) >= 11 is 6.30. The lowest BCUT2D eigenvalue weighted by atomic mass is 10.0. The zero-order valence-corrected chi connectivity index (χ0v) is 14.4. The Morgan fingerprint density at radius 3 is 2.68 bits per heavy atom. The van der Waals surface area contributed by atoms with Crippen LogP contribution in [0.4, 0.5) is 0 Å². The first-order valence-electron chi connectivity index (χ1n) is 8.09. The van der Waals surface area contributed by atoms with Crippen molar-refractivity contribution in [3.63, 3.8) is 0 Å². The Morgan fingerprint density at radius 2 is 1.84 bits per heavy atom. The molecular weight excluding hydrogens is 334 g/mol. The molecule has 0 spiro atoms. The molecule has 0 aliphatic heterocycles. The Kier molecular flexibility index (Phi) is 3.90. The predicted octanol–water partition coefficient (Wildman–Crippen LogP) is 5.01. The molecule has 0 saturated heterocycles. The first kappa shape index (κ1) is 15.7. The number of rotatable bonds is 3. The summed E-state index contributed by atoms with van der Waals surface area (Å²) in [6.45, 7) is 2.07. The smallest absolute Gasteiger partial charge is 0.143 e. The summed E-state index contributed by atoms with van der Waals surface area (Å²) in [5.41, 5.74) is 3.37. The maximum absolute atomic E-state index is 10.2. The number of halogens is 1. The van der Waals surface area contributed by atoms with Gasteiger partial charge >= 0.3 is 0 Å². The summed E-state index contributed by atoms with van der Waals surface area (Å²) in [4.78, 5) is 1.47. The number of aromatic hydroxyl groups is 1. The SMILES string of the molecule is CCc1ccc(O)c(-n2ncc(-c3cccc4c(Cl)cccc34)n2)c1. The highest BCUT2D eigenvalue weighted by Crippen LogP contribution is 2.31. The molecule has 0 unspecified atom stereocenters. The van der Waals surface area contributed by atoms with Crippen LogP contribution in [0.2, 0.25) is 5.02 Å². The van der Waals surface area contributed by atoms with Crippen LogP contribution in [-0.2, 0) is 6.42 Å². The van der Waals surface area contributed by atoms with Gasteiger partial charge in [-0.15, -0.1) is 9.90 Å². The van der Waals surface area contributed by atoms with E-state index in [1.165, 1.54) is 4.80 Å². The Bertz CT molecular complexity index is 1070. The molecule has 0 atom stereocenters. The molecule has 0 saturated carbocycles. The van der Waals surface area contributed by atoms with Crippen LogP contribution in [-0.4, -0.2) is 20.1 Å². The van der Waals surface area contributed by atoms with Crippen molar-refractivity contribution in [2.45, 2.75) is 13.3 Å². The van der Waals surface area contributed by atoms with E-state index in [2.05, 4.69) is 17.1 Å². The molecule has 4 aromatic rings. The van der Waals surface area contributed by atoms with E-state index in [0.717, 1.165) is 34.0 Å². The number of phenolic OH excluding ortho intramolecular Hbond substituents is 1. The minimum atomic E-state index is 0.153. The van der Waals surface area contributed by atoms with Gasteiger partial charge in [0.25, 0.3) is 0 Å². The fraction of sp³-hybridized carbons (Fsp3) is 0.100. The lowest BCUT2D eigenvalue weighted by Gasteiger charge is -2.06. The summed E-state index contributed by atoms with van der Waals surface area (Å²) in [6.07, 6.45) is 2.58. The van der Waals surface area contributed by atoms with Crippen molar-refractivity contribution >= 4 is 22.4 Å². The van der Waals surface area contributed by atoms with Crippen LogP contribution >= 0.6 is 11.6 Å². The third-order valence-electron chi connectivity index (χ3n) is 4.30. The van der Waals surface area contributed by atoms with Crippen LogP contribution in [0.15, 0.2) is 60.8 Å². The summed E-state index contributed by atoms with van der Waals surface area (Å²) in [5.74, 6) is 0.153. The number of hydrogen-bond acceptors (Lipinski definition) is 3. The van der Waals surface area contributed by atoms with Gasteiger partial charge in [-0.2, -0.15) is 5.10 Å². The van der Waals surface area contributed by atoms with E-state index in [9.17, 15) is 5.11 Å². The second-order valence-electron chi connectivity index (χ2n) is 5.84. The third kappa shape index (κ3) is 2.75. The maximum atomic E-state index is 10.2. The number of aromatic nitrogens is 3. The van der Waals surface area contributed by atoms with Gasteiger partial charge in [0.05, 0.1) is 6.20 Å². The number of phenols is 1. The molecule has 4 rings (SSSR count). The monoisotopic (exact) mass is 349 g/mol. The summed E-state index contributed by atoms with van der Waals surface area (Å²) < 4.78 is 0. The molecule has 124 valence electrons. The molecule has 25 heavy (non-hydrogen) atoms. The van der Waals surface area contributed by atoms with Crippen molar-refractivity contribution < 1.29 is 5.11 Å². The molecule has 0 aliphatic rings. The van der Waals surface area contributed by atoms with Gasteiger partial charge in [0, 0.05) is 16.0 Å². The minimum absolute atomic E-state index is 0.153. The molecule has 1 aromatic heterocycles. The molecule has 0 fully saturated rings. The van der Waals surface area contributed by atoms with Crippen LogP contribution in [0.25, 0.3) is 27.7 Å². The Morgan fingerprint density at radius 1 is 1.04 bits per heavy atom. The van der Waals surface area contributed by atoms with Crippen molar-refractivity contribution in [1.82, 2.24) is 15.0 Å². The molecule has 0 bridgehead atoms. The topological polar surface area (TPSA) is 50.9 Å². The predicted molar refractivity (Wildman–Crippen MR) is 100 cm³/mol. The van der Waals surface area contributed by atoms with Gasteiger partial charge in [-0.25, -0.2) is 0 Å². The number of fused-ring (bicyclic) bond motifs is 1. The van der Waals surface area contributed by atoms with Crippen molar-refractivity contribution in [2.24, 2.45) is 0 Å². The molecule has 1 heterocycles. The van der Waals surface area contributed by atoms with Gasteiger partial charge in [-0.05, 0) is 35.6 Å². The Hall–Kier alpha value is -2.85. The summed E-state index contributed by atoms with van der Waals surface area (Å²) in [6, 6.07) is 17.2. The van der Waals surface area contributed by atoms with Gasteiger partial charge in [0.15, 0.2) is 0 Å². The van der Waals surface area contributed by atoms with Crippen molar-refractivity contribution in [3.8, 4) is 22.7 Å². The highest BCUT2D eigenvalue weighted by atomic mass is 35.5. The van der Waals surface area contributed by atoms with Crippen molar-refractivity contribution in [1.29, 1.82) is 0 Å². The minimum Gasteiger partial charge on any atom is -0.506 e. The largest absolute Gasteiger partial charge is 0.506 e. The molecule has 3 aromatic carbocycles. The third-order valence-corrected chi connectivity index (χ3v) is 4.63. The van der Waals surface area contributed by atoms with Crippen LogP contribution in [0.5, 0.6) is 5.75 Å². The van der Waals surface area contributed by atoms with E-state index in [0.29, 0.717) is 10.7 Å². The highest BCUT2D eigenvalue weighted by Gasteiger charge is 2.12. The fourth-order valence-electron chi connectivity index (χ4n) is 2.95. The number of hydrogen-bond donors (Lipinski definition) is 1. The molecule has 0 aliphatic carbocycles. The lowest BCUT2D eigenvalue weighted by Crippen LogP contribution is -2.00. The molecular formula is C20H16ClN3O. The standard InChI is InChI=1S/C20H16ClN3O/c1-2-13-9-10-20(25)19(11-13)24-22-12-18(23-24)16-7-3-6-15-14(16)5-4-8-17(15)21/h3-12,25H,2H2,1H3. The zero-order chi connectivity index (χ0) is 17.4. The van der Waals surface area contributed by atoms with E-state index in [-0.39, 0.29) is 5.75 Å². The van der Waals surface area contributed by atoms with E-state index >= 15 is 0 Å². The zero-order valence-electron chi connectivity index (χ0n) is 13.6. The van der Waals surface area contributed by atoms with Crippen molar-refractivity contribution in [3.05, 3.63) is 71.4 Å². The molecule has 1 N–H and O–H groups in total. The van der Waals surface area contributed by atoms with E-state index in [1.54, 1.807) is 12.3 Å². The van der Waals surface area contributed by atoms with Gasteiger partial charge in [-0.3, -0.25) is 0 Å². The summed E-state index contributed by atoms with van der Waals surface area (Å²) in [7, 11) is 0. The molecule has 5 heteroatoms. The normalized spacial score (nSPS) is 11.1. The van der Waals surface area contributed by atoms with E-state index < -0.39 is 0 Å². The maximum Gasteiger partial charge on any atom is 0.143 e. The second kappa shape index (κ2) is 6.22. The molecule has 0 radical (unpaired) electrons. The van der Waals surface area contributed by atoms with Crippen LogP contribution in [0.3, 0.4) is 0 Å². The molecule has 0 amide bonds. The number of nitrogens with zero attached hydrogens (tertiary/aromatic N) is 3. The average Bonchev–Trinajstić information content (AvgIpc) is 3.12. The first-order chi connectivity index (χ1) is 12.2. The Balaban J connectivity index is 1.85. The van der Waals surface area contributed by atoms with Gasteiger partial charge in [0.2, 0.25) is 0 Å². The van der Waals surface area contributed by atoms with Gasteiger partial charge in [0.1, 0.15) is 17.1 Å². The molecule has 4 nitrogen and oxygen atoms in total.